The van der Waals surface area contributed by atoms with Crippen LogP contribution in [0.3, 0.4) is 0 Å². The SMILES string of the molecule is CCCCCP.S. The lowest BCUT2D eigenvalue weighted by Crippen LogP contribution is -1.70. The largest absolute Gasteiger partial charge is 0.197 e. The third-order valence-electron chi connectivity index (χ3n) is 0.808. The second-order valence-corrected chi connectivity index (χ2v) is 2.07. The molecule has 0 saturated heterocycles. The highest BCUT2D eigenvalue weighted by molar-refractivity contribution is 7.59. The van der Waals surface area contributed by atoms with Crippen molar-refractivity contribution in [2.75, 3.05) is 6.16 Å². The van der Waals surface area contributed by atoms with E-state index in [0.717, 1.165) is 0 Å². The smallest absolute Gasteiger partial charge is 0.0381 e. The Balaban J connectivity index is 0. The van der Waals surface area contributed by atoms with Crippen LogP contribution in [-0.2, 0) is 0 Å². The average molecular weight is 138 g/mol. The lowest BCUT2D eigenvalue weighted by molar-refractivity contribution is 0.779. The Labute approximate surface area is 55.7 Å². The normalized spacial score (nSPS) is 7.71. The second-order valence-electron chi connectivity index (χ2n) is 1.50. The number of rotatable bonds is 3. The maximum absolute atomic E-state index is 2.73. The molecule has 0 heterocycles. The summed E-state index contributed by atoms with van der Waals surface area (Å²) in [7, 11) is 2.73. The summed E-state index contributed by atoms with van der Waals surface area (Å²) in [5.41, 5.74) is 0. The highest BCUT2D eigenvalue weighted by Gasteiger charge is 1.75. The molecule has 0 aromatic rings. The fourth-order valence-electron chi connectivity index (χ4n) is 0.394. The Morgan fingerprint density at radius 1 is 1.29 bits per heavy atom. The summed E-state index contributed by atoms with van der Waals surface area (Å²) in [5, 5.41) is 0. The van der Waals surface area contributed by atoms with Crippen molar-refractivity contribution in [1.82, 2.24) is 0 Å². The molecule has 0 nitrogen and oxygen atoms in total. The van der Waals surface area contributed by atoms with Crippen molar-refractivity contribution < 1.29 is 0 Å². The zero-order chi connectivity index (χ0) is 4.83. The molecule has 0 aromatic heterocycles. The molecule has 0 N–H and O–H groups in total. The number of hydrogen-bond donors (Lipinski definition) is 0. The van der Waals surface area contributed by atoms with Crippen molar-refractivity contribution >= 4 is 22.7 Å². The first-order chi connectivity index (χ1) is 2.91. The van der Waals surface area contributed by atoms with Gasteiger partial charge in [0, 0.05) is 0 Å². The predicted molar refractivity (Wildman–Crippen MR) is 44.5 cm³/mol. The maximum Gasteiger partial charge on any atom is -0.0381 e. The van der Waals surface area contributed by atoms with Crippen molar-refractivity contribution in [3.63, 3.8) is 0 Å². The lowest BCUT2D eigenvalue weighted by atomic mass is 10.3. The summed E-state index contributed by atoms with van der Waals surface area (Å²) >= 11 is 0. The average Bonchev–Trinajstić information content (AvgIpc) is 1.61. The van der Waals surface area contributed by atoms with Gasteiger partial charge in [-0.1, -0.05) is 19.8 Å². The molecule has 0 rings (SSSR count). The first-order valence-corrected chi connectivity index (χ1v) is 3.43. The maximum atomic E-state index is 2.73. The monoisotopic (exact) mass is 138 g/mol. The fraction of sp³-hybridized carbons (Fsp3) is 1.00. The van der Waals surface area contributed by atoms with E-state index in [1.807, 2.05) is 0 Å². The molecule has 0 aromatic carbocycles. The molecule has 0 aliphatic carbocycles. The summed E-state index contributed by atoms with van der Waals surface area (Å²) in [6, 6.07) is 0. The van der Waals surface area contributed by atoms with Gasteiger partial charge in [0.05, 0.1) is 0 Å². The molecule has 0 bridgehead atoms. The third kappa shape index (κ3) is 10.8. The van der Waals surface area contributed by atoms with Crippen LogP contribution in [0.15, 0.2) is 0 Å². The van der Waals surface area contributed by atoms with Crippen LogP contribution >= 0.6 is 22.7 Å². The van der Waals surface area contributed by atoms with Crippen molar-refractivity contribution in [2.45, 2.75) is 26.2 Å². The summed E-state index contributed by atoms with van der Waals surface area (Å²) < 4.78 is 0. The van der Waals surface area contributed by atoms with Gasteiger partial charge in [-0.15, -0.1) is 9.24 Å². The van der Waals surface area contributed by atoms with Gasteiger partial charge in [-0.25, -0.2) is 0 Å². The molecule has 7 heavy (non-hydrogen) atoms. The summed E-state index contributed by atoms with van der Waals surface area (Å²) in [6.07, 6.45) is 5.38. The van der Waals surface area contributed by atoms with Gasteiger partial charge in [0.15, 0.2) is 0 Å². The standard InChI is InChI=1S/C5H13P.H2S/c1-2-3-4-5-6;/h2-6H2,1H3;1H2. The van der Waals surface area contributed by atoms with Crippen LogP contribution in [0.4, 0.5) is 0 Å². The predicted octanol–water partition coefficient (Wildman–Crippen LogP) is 2.16. The molecular weight excluding hydrogens is 123 g/mol. The van der Waals surface area contributed by atoms with Gasteiger partial charge < -0.3 is 0 Å². The molecule has 0 spiro atoms. The number of hydrogen-bond acceptors (Lipinski definition) is 0. The van der Waals surface area contributed by atoms with Gasteiger partial charge in [-0.2, -0.15) is 13.5 Å². The Kier molecular flexibility index (Phi) is 15.2. The second kappa shape index (κ2) is 9.91. The van der Waals surface area contributed by atoms with E-state index in [4.69, 9.17) is 0 Å². The van der Waals surface area contributed by atoms with Gasteiger partial charge in [-0.05, 0) is 12.6 Å². The molecule has 1 atom stereocenters. The zero-order valence-electron chi connectivity index (χ0n) is 4.91. The minimum absolute atomic E-state index is 0. The van der Waals surface area contributed by atoms with E-state index in [9.17, 15) is 0 Å². The Morgan fingerprint density at radius 3 is 2.00 bits per heavy atom. The van der Waals surface area contributed by atoms with Gasteiger partial charge in [-0.3, -0.25) is 0 Å². The van der Waals surface area contributed by atoms with E-state index in [-0.39, 0.29) is 13.5 Å². The zero-order valence-corrected chi connectivity index (χ0v) is 7.06. The third-order valence-corrected chi connectivity index (χ3v) is 1.22. The van der Waals surface area contributed by atoms with Crippen LogP contribution < -0.4 is 0 Å². The van der Waals surface area contributed by atoms with Crippen LogP contribution in [0.25, 0.3) is 0 Å². The molecule has 1 unspecified atom stereocenters. The summed E-state index contributed by atoms with van der Waals surface area (Å²) in [4.78, 5) is 0. The van der Waals surface area contributed by atoms with Crippen LogP contribution in [0, 0.1) is 0 Å². The van der Waals surface area contributed by atoms with E-state index in [1.54, 1.807) is 0 Å². The van der Waals surface area contributed by atoms with Crippen molar-refractivity contribution in [3.05, 3.63) is 0 Å². The minimum atomic E-state index is 0. The first kappa shape index (κ1) is 10.7. The summed E-state index contributed by atoms with van der Waals surface area (Å²) in [6.45, 7) is 2.22. The molecule has 0 fully saturated rings. The van der Waals surface area contributed by atoms with Gasteiger partial charge in [0.2, 0.25) is 0 Å². The summed E-state index contributed by atoms with van der Waals surface area (Å²) in [5.74, 6) is 0. The van der Waals surface area contributed by atoms with E-state index in [0.29, 0.717) is 0 Å². The molecular formula is C5H15PS. The Morgan fingerprint density at radius 2 is 1.86 bits per heavy atom. The van der Waals surface area contributed by atoms with E-state index < -0.39 is 0 Å². The van der Waals surface area contributed by atoms with Crippen molar-refractivity contribution in [3.8, 4) is 0 Å². The van der Waals surface area contributed by atoms with Crippen LogP contribution in [0.2, 0.25) is 0 Å². The molecule has 0 saturated carbocycles. The van der Waals surface area contributed by atoms with Crippen LogP contribution in [0.5, 0.6) is 0 Å². The van der Waals surface area contributed by atoms with Gasteiger partial charge in [0.25, 0.3) is 0 Å². The Bertz CT molecular complexity index is 20.0. The van der Waals surface area contributed by atoms with Gasteiger partial charge >= 0.3 is 0 Å². The van der Waals surface area contributed by atoms with Gasteiger partial charge in [0.1, 0.15) is 0 Å². The van der Waals surface area contributed by atoms with E-state index in [2.05, 4.69) is 16.2 Å². The lowest BCUT2D eigenvalue weighted by Gasteiger charge is -1.86. The molecule has 0 aliphatic heterocycles. The molecule has 0 radical (unpaired) electrons. The molecule has 2 heteroatoms. The Hall–Kier alpha value is 0.780. The molecule has 0 aliphatic rings. The topological polar surface area (TPSA) is 0 Å². The minimum Gasteiger partial charge on any atom is -0.197 e. The van der Waals surface area contributed by atoms with Crippen LogP contribution in [-0.4, -0.2) is 6.16 Å². The number of unbranched alkanes of at least 4 members (excludes halogenated alkanes) is 2. The fourth-order valence-corrected chi connectivity index (χ4v) is 0.683. The quantitative estimate of drug-likeness (QED) is 0.414. The first-order valence-electron chi connectivity index (χ1n) is 2.62. The van der Waals surface area contributed by atoms with Crippen molar-refractivity contribution in [2.24, 2.45) is 0 Å². The highest BCUT2D eigenvalue weighted by atomic mass is 32.1. The molecule has 46 valence electrons. The van der Waals surface area contributed by atoms with E-state index >= 15 is 0 Å². The van der Waals surface area contributed by atoms with Crippen LogP contribution in [0.1, 0.15) is 26.2 Å². The van der Waals surface area contributed by atoms with Crippen molar-refractivity contribution in [1.29, 1.82) is 0 Å². The highest BCUT2D eigenvalue weighted by Crippen LogP contribution is 1.95. The molecule has 0 amide bonds. The van der Waals surface area contributed by atoms with E-state index in [1.165, 1.54) is 25.4 Å².